The van der Waals surface area contributed by atoms with Gasteiger partial charge >= 0.3 is 11.9 Å². The summed E-state index contributed by atoms with van der Waals surface area (Å²) in [5.41, 5.74) is 1.07. The first kappa shape index (κ1) is 34.5. The minimum absolute atomic E-state index is 0.0195. The van der Waals surface area contributed by atoms with Crippen molar-refractivity contribution in [3.8, 4) is 11.4 Å². The monoisotopic (exact) mass is 685 g/mol. The van der Waals surface area contributed by atoms with Crippen LogP contribution in [0.1, 0.15) is 52.2 Å². The molecule has 15 heteroatoms. The first-order chi connectivity index (χ1) is 22.1. The van der Waals surface area contributed by atoms with Gasteiger partial charge in [0, 0.05) is 5.02 Å². The van der Waals surface area contributed by atoms with Gasteiger partial charge in [-0.2, -0.15) is 0 Å². The van der Waals surface area contributed by atoms with E-state index in [4.69, 9.17) is 25.8 Å². The smallest absolute Gasteiger partial charge is 0.348 e. The summed E-state index contributed by atoms with van der Waals surface area (Å²) in [5.74, 6) is -1.13. The zero-order chi connectivity index (χ0) is 33.2. The number of halogens is 1. The summed E-state index contributed by atoms with van der Waals surface area (Å²) >= 11 is 8.33. The van der Waals surface area contributed by atoms with Crippen LogP contribution in [0.25, 0.3) is 5.69 Å². The van der Waals surface area contributed by atoms with Gasteiger partial charge in [0.15, 0.2) is 17.6 Å². The zero-order valence-electron chi connectivity index (χ0n) is 25.5. The fourth-order valence-electron chi connectivity index (χ4n) is 4.13. The van der Waals surface area contributed by atoms with E-state index in [2.05, 4.69) is 20.8 Å². The van der Waals surface area contributed by atoms with Gasteiger partial charge < -0.3 is 24.8 Å². The molecule has 0 bridgehead atoms. The van der Waals surface area contributed by atoms with Crippen molar-refractivity contribution in [2.75, 3.05) is 25.1 Å². The lowest BCUT2D eigenvalue weighted by molar-refractivity contribution is -0.123. The molecule has 2 heterocycles. The summed E-state index contributed by atoms with van der Waals surface area (Å²) in [4.78, 5) is 51.5. The van der Waals surface area contributed by atoms with E-state index in [0.29, 0.717) is 33.0 Å². The average Bonchev–Trinajstić information content (AvgIpc) is 3.59. The second kappa shape index (κ2) is 16.2. The Morgan fingerprint density at radius 1 is 1.00 bits per heavy atom. The van der Waals surface area contributed by atoms with E-state index in [9.17, 15) is 19.2 Å². The first-order valence-corrected chi connectivity index (χ1v) is 16.3. The number of aromatic nitrogens is 3. The van der Waals surface area contributed by atoms with Crippen LogP contribution in [-0.4, -0.2) is 63.6 Å². The maximum Gasteiger partial charge on any atom is 0.348 e. The van der Waals surface area contributed by atoms with E-state index >= 15 is 0 Å². The van der Waals surface area contributed by atoms with Crippen LogP contribution in [-0.2, 0) is 25.6 Å². The van der Waals surface area contributed by atoms with E-state index in [1.165, 1.54) is 0 Å². The van der Waals surface area contributed by atoms with Gasteiger partial charge in [-0.05, 0) is 63.6 Å². The van der Waals surface area contributed by atoms with Crippen LogP contribution in [0.3, 0.4) is 0 Å². The van der Waals surface area contributed by atoms with Gasteiger partial charge in [0.2, 0.25) is 5.91 Å². The average molecular weight is 686 g/mol. The molecule has 0 aliphatic heterocycles. The van der Waals surface area contributed by atoms with Gasteiger partial charge in [-0.15, -0.1) is 21.5 Å². The topological polar surface area (TPSA) is 151 Å². The molecule has 2 aromatic heterocycles. The minimum Gasteiger partial charge on any atom is -0.484 e. The molecule has 12 nitrogen and oxygen atoms in total. The third kappa shape index (κ3) is 8.65. The number of rotatable bonds is 14. The molecule has 0 aliphatic carbocycles. The van der Waals surface area contributed by atoms with E-state index in [0.717, 1.165) is 23.1 Å². The molecule has 4 rings (SSSR count). The largest absolute Gasteiger partial charge is 0.484 e. The number of ether oxygens (including phenoxy) is 3. The number of amides is 2. The second-order valence-corrected chi connectivity index (χ2v) is 12.3. The number of thioether (sulfide) groups is 1. The lowest BCUT2D eigenvalue weighted by Gasteiger charge is -2.14. The standard InChI is InChI=1S/C31H32ClN5O7S2/c1-5-42-29(40)25-18(3)26(30(41)43-6-2)46-28(25)34-27(39)19(4)45-31-36-35-23(37(31)21-12-10-11-20(32)15-21)16-33-24(38)17-44-22-13-8-7-9-14-22/h7-15,19H,5-6,16-17H2,1-4H3,(H,33,38)(H,34,39)/t19-/m1/s1. The molecule has 4 aromatic rings. The molecule has 0 spiro atoms. The van der Waals surface area contributed by atoms with E-state index in [1.54, 1.807) is 68.7 Å². The first-order valence-electron chi connectivity index (χ1n) is 14.2. The number of hydrogen-bond acceptors (Lipinski definition) is 11. The number of esters is 2. The van der Waals surface area contributed by atoms with E-state index in [-0.39, 0.29) is 47.7 Å². The number of nitrogens with zero attached hydrogens (tertiary/aromatic N) is 3. The van der Waals surface area contributed by atoms with Gasteiger partial charge in [-0.25, -0.2) is 9.59 Å². The van der Waals surface area contributed by atoms with Crippen molar-refractivity contribution in [1.82, 2.24) is 20.1 Å². The Bertz CT molecular complexity index is 1710. The summed E-state index contributed by atoms with van der Waals surface area (Å²) in [6.07, 6.45) is 0. The maximum absolute atomic E-state index is 13.4. The van der Waals surface area contributed by atoms with Crippen molar-refractivity contribution in [2.45, 2.75) is 44.6 Å². The fraction of sp³-hybridized carbons (Fsp3) is 0.290. The molecule has 2 aromatic carbocycles. The van der Waals surface area contributed by atoms with Crippen molar-refractivity contribution in [3.63, 3.8) is 0 Å². The molecular weight excluding hydrogens is 654 g/mol. The number of hydrogen-bond donors (Lipinski definition) is 2. The molecule has 0 fully saturated rings. The number of nitrogens with one attached hydrogen (secondary N) is 2. The Balaban J connectivity index is 1.53. The summed E-state index contributed by atoms with van der Waals surface area (Å²) in [6, 6.07) is 15.9. The Morgan fingerprint density at radius 3 is 2.41 bits per heavy atom. The molecule has 0 saturated carbocycles. The van der Waals surface area contributed by atoms with Crippen LogP contribution in [0.5, 0.6) is 5.75 Å². The summed E-state index contributed by atoms with van der Waals surface area (Å²) in [6.45, 7) is 6.70. The van der Waals surface area contributed by atoms with Crippen LogP contribution in [0.15, 0.2) is 59.8 Å². The molecule has 0 aliphatic rings. The molecule has 0 saturated heterocycles. The quantitative estimate of drug-likeness (QED) is 0.129. The number of carbonyl (C=O) groups excluding carboxylic acids is 4. The fourth-order valence-corrected chi connectivity index (χ4v) is 6.29. The Labute approximate surface area is 278 Å². The van der Waals surface area contributed by atoms with E-state index < -0.39 is 23.1 Å². The predicted molar refractivity (Wildman–Crippen MR) is 175 cm³/mol. The van der Waals surface area contributed by atoms with Crippen molar-refractivity contribution in [2.24, 2.45) is 0 Å². The van der Waals surface area contributed by atoms with Gasteiger partial charge in [0.1, 0.15) is 15.6 Å². The molecule has 242 valence electrons. The van der Waals surface area contributed by atoms with Gasteiger partial charge in [0.05, 0.1) is 36.3 Å². The maximum atomic E-state index is 13.4. The van der Waals surface area contributed by atoms with E-state index in [1.807, 2.05) is 18.2 Å². The number of anilines is 1. The Morgan fingerprint density at radius 2 is 1.72 bits per heavy atom. The lowest BCUT2D eigenvalue weighted by atomic mass is 10.1. The highest BCUT2D eigenvalue weighted by atomic mass is 35.5. The third-order valence-electron chi connectivity index (χ3n) is 6.30. The lowest BCUT2D eigenvalue weighted by Crippen LogP contribution is -2.29. The molecule has 2 amide bonds. The number of para-hydroxylation sites is 1. The predicted octanol–water partition coefficient (Wildman–Crippen LogP) is 5.46. The minimum atomic E-state index is -0.743. The summed E-state index contributed by atoms with van der Waals surface area (Å²) in [5, 5.41) is 14.4. The SMILES string of the molecule is CCOC(=O)c1sc(NC(=O)[C@@H](C)Sc2nnc(CNC(=O)COc3ccccc3)n2-c2cccc(Cl)c2)c(C(=O)OCC)c1C. The second-order valence-electron chi connectivity index (χ2n) is 9.54. The highest BCUT2D eigenvalue weighted by Crippen LogP contribution is 2.35. The Kier molecular flexibility index (Phi) is 12.2. The summed E-state index contributed by atoms with van der Waals surface area (Å²) in [7, 11) is 0. The van der Waals surface area contributed by atoms with Crippen LogP contribution in [0, 0.1) is 6.92 Å². The highest BCUT2D eigenvalue weighted by Gasteiger charge is 2.29. The Hall–Kier alpha value is -4.40. The van der Waals surface area contributed by atoms with Crippen molar-refractivity contribution in [3.05, 3.63) is 81.4 Å². The molecule has 0 radical (unpaired) electrons. The molecule has 2 N–H and O–H groups in total. The normalized spacial score (nSPS) is 11.4. The van der Waals surface area contributed by atoms with Crippen molar-refractivity contribution < 1.29 is 33.4 Å². The zero-order valence-corrected chi connectivity index (χ0v) is 27.9. The highest BCUT2D eigenvalue weighted by molar-refractivity contribution is 8.00. The van der Waals surface area contributed by atoms with Gasteiger partial charge in [0.25, 0.3) is 5.91 Å². The molecule has 1 atom stereocenters. The van der Waals surface area contributed by atoms with Crippen LogP contribution < -0.4 is 15.4 Å². The van der Waals surface area contributed by atoms with Crippen molar-refractivity contribution in [1.29, 1.82) is 0 Å². The summed E-state index contributed by atoms with van der Waals surface area (Å²) < 4.78 is 17.5. The number of benzene rings is 2. The number of thiophene rings is 1. The van der Waals surface area contributed by atoms with Crippen molar-refractivity contribution >= 4 is 63.5 Å². The molecular formula is C31H32ClN5O7S2. The molecule has 0 unspecified atom stereocenters. The third-order valence-corrected chi connectivity index (χ3v) is 8.76. The van der Waals surface area contributed by atoms with Gasteiger partial charge in [-0.3, -0.25) is 14.2 Å². The number of carbonyl (C=O) groups is 4. The van der Waals surface area contributed by atoms with Crippen LogP contribution in [0.2, 0.25) is 5.02 Å². The van der Waals surface area contributed by atoms with Gasteiger partial charge in [-0.1, -0.05) is 47.6 Å². The van der Waals surface area contributed by atoms with Crippen LogP contribution in [0.4, 0.5) is 5.00 Å². The molecule has 46 heavy (non-hydrogen) atoms. The van der Waals surface area contributed by atoms with Crippen LogP contribution >= 0.6 is 34.7 Å².